The maximum atomic E-state index is 6.25. The first kappa shape index (κ1) is 16.5. The topological polar surface area (TPSA) is 37.5 Å². The number of benzene rings is 2. The largest absolute Gasteiger partial charge is 0.459 e. The van der Waals surface area contributed by atoms with Crippen molar-refractivity contribution in [2.24, 2.45) is 5.10 Å². The number of rotatable bonds is 3. The van der Waals surface area contributed by atoms with Gasteiger partial charge in [0.25, 0.3) is 0 Å². The molecule has 4 rings (SSSR count). The van der Waals surface area contributed by atoms with Gasteiger partial charge in [0.1, 0.15) is 17.6 Å². The lowest BCUT2D eigenvalue weighted by Crippen LogP contribution is -2.08. The second-order valence-corrected chi connectivity index (χ2v) is 7.06. The van der Waals surface area contributed by atoms with Gasteiger partial charge in [-0.05, 0) is 48.0 Å². The molecule has 0 saturated carbocycles. The fourth-order valence-corrected chi connectivity index (χ4v) is 3.31. The Bertz CT molecular complexity index is 948. The van der Waals surface area contributed by atoms with Crippen LogP contribution in [0, 0.1) is 0 Å². The molecule has 1 atom stereocenters. The van der Waals surface area contributed by atoms with Gasteiger partial charge in [-0.3, -0.25) is 5.43 Å². The number of nitrogens with zero attached hydrogens (tertiary/aromatic N) is 1. The third-order valence-electron chi connectivity index (χ3n) is 4.09. The van der Waals surface area contributed by atoms with Gasteiger partial charge in [0, 0.05) is 22.0 Å². The molecule has 0 spiro atoms. The Balaban J connectivity index is 1.54. The Labute approximate surface area is 160 Å². The second kappa shape index (κ2) is 6.75. The summed E-state index contributed by atoms with van der Waals surface area (Å²) in [7, 11) is 0. The summed E-state index contributed by atoms with van der Waals surface area (Å²) < 4.78 is 5.99. The Morgan fingerprint density at radius 2 is 1.68 bits per heavy atom. The summed E-state index contributed by atoms with van der Waals surface area (Å²) in [4.78, 5) is 0. The molecule has 1 aliphatic rings. The van der Waals surface area contributed by atoms with Crippen molar-refractivity contribution < 1.29 is 4.42 Å². The van der Waals surface area contributed by atoms with Crippen molar-refractivity contribution in [1.82, 2.24) is 5.43 Å². The third-order valence-corrected chi connectivity index (χ3v) is 4.91. The van der Waals surface area contributed by atoms with E-state index >= 15 is 0 Å². The maximum absolute atomic E-state index is 6.25. The molecule has 0 saturated heterocycles. The molecule has 1 unspecified atom stereocenters. The fourth-order valence-electron chi connectivity index (χ4n) is 2.80. The summed E-state index contributed by atoms with van der Waals surface area (Å²) in [6.07, 6.45) is 0.734. The van der Waals surface area contributed by atoms with Crippen LogP contribution in [0.1, 0.15) is 23.8 Å². The van der Waals surface area contributed by atoms with Gasteiger partial charge in [-0.2, -0.15) is 5.10 Å². The number of hydrogen-bond acceptors (Lipinski definition) is 3. The van der Waals surface area contributed by atoms with Crippen LogP contribution in [0.15, 0.2) is 64.1 Å². The van der Waals surface area contributed by atoms with E-state index in [2.05, 4.69) is 10.5 Å². The van der Waals surface area contributed by atoms with Gasteiger partial charge in [-0.1, -0.05) is 46.9 Å². The van der Waals surface area contributed by atoms with Crippen LogP contribution in [-0.4, -0.2) is 5.71 Å². The molecular weight excluding hydrogens is 379 g/mol. The van der Waals surface area contributed by atoms with E-state index in [4.69, 9.17) is 39.2 Å². The highest BCUT2D eigenvalue weighted by molar-refractivity contribution is 6.35. The zero-order chi connectivity index (χ0) is 17.4. The average Bonchev–Trinajstić information content (AvgIpc) is 3.27. The fraction of sp³-hybridized carbons (Fsp3) is 0.105. The van der Waals surface area contributed by atoms with Gasteiger partial charge >= 0.3 is 0 Å². The molecule has 2 heterocycles. The molecule has 2 aromatic carbocycles. The first-order chi connectivity index (χ1) is 12.1. The highest BCUT2D eigenvalue weighted by Gasteiger charge is 2.24. The molecule has 1 N–H and O–H groups in total. The van der Waals surface area contributed by atoms with E-state index in [1.54, 1.807) is 18.2 Å². The standard InChI is InChI=1S/C19H13Cl3N2O/c20-12-3-1-11(2-4-12)16-10-17(24-23-16)19-8-7-18(25-19)14-9-13(21)5-6-15(14)22/h1-9,17,24H,10H2. The van der Waals surface area contributed by atoms with Crippen molar-refractivity contribution in [1.29, 1.82) is 0 Å². The van der Waals surface area contributed by atoms with Crippen molar-refractivity contribution >= 4 is 40.5 Å². The molecular formula is C19H13Cl3N2O. The smallest absolute Gasteiger partial charge is 0.135 e. The van der Waals surface area contributed by atoms with Gasteiger partial charge < -0.3 is 4.42 Å². The number of hydrogen-bond donors (Lipinski definition) is 1. The highest BCUT2D eigenvalue weighted by atomic mass is 35.5. The van der Waals surface area contributed by atoms with Gasteiger partial charge in [-0.15, -0.1) is 0 Å². The maximum Gasteiger partial charge on any atom is 0.135 e. The van der Waals surface area contributed by atoms with Crippen LogP contribution in [0.2, 0.25) is 15.1 Å². The minimum atomic E-state index is -0.0163. The molecule has 6 heteroatoms. The Morgan fingerprint density at radius 3 is 2.48 bits per heavy atom. The first-order valence-corrected chi connectivity index (χ1v) is 8.87. The minimum absolute atomic E-state index is 0.0163. The molecule has 0 aliphatic carbocycles. The quantitative estimate of drug-likeness (QED) is 0.565. The monoisotopic (exact) mass is 390 g/mol. The van der Waals surface area contributed by atoms with Crippen molar-refractivity contribution in [3.63, 3.8) is 0 Å². The minimum Gasteiger partial charge on any atom is -0.459 e. The zero-order valence-electron chi connectivity index (χ0n) is 13.0. The molecule has 3 aromatic rings. The first-order valence-electron chi connectivity index (χ1n) is 7.73. The van der Waals surface area contributed by atoms with Crippen LogP contribution >= 0.6 is 34.8 Å². The predicted octanol–water partition coefficient (Wildman–Crippen LogP) is 6.35. The van der Waals surface area contributed by atoms with Crippen LogP contribution in [-0.2, 0) is 0 Å². The zero-order valence-corrected chi connectivity index (χ0v) is 15.2. The van der Waals surface area contributed by atoms with Gasteiger partial charge in [0.2, 0.25) is 0 Å². The lowest BCUT2D eigenvalue weighted by Gasteiger charge is -2.07. The Kier molecular flexibility index (Phi) is 4.46. The van der Waals surface area contributed by atoms with Crippen LogP contribution in [0.3, 0.4) is 0 Å². The summed E-state index contributed by atoms with van der Waals surface area (Å²) >= 11 is 18.2. The van der Waals surface area contributed by atoms with Gasteiger partial charge in [-0.25, -0.2) is 0 Å². The van der Waals surface area contributed by atoms with Gasteiger partial charge in [0.15, 0.2) is 0 Å². The summed E-state index contributed by atoms with van der Waals surface area (Å²) in [5.74, 6) is 1.49. The van der Waals surface area contributed by atoms with E-state index in [0.29, 0.717) is 20.8 Å². The average molecular weight is 392 g/mol. The van der Waals surface area contributed by atoms with Crippen LogP contribution < -0.4 is 5.43 Å². The van der Waals surface area contributed by atoms with Crippen LogP contribution in [0.4, 0.5) is 0 Å². The van der Waals surface area contributed by atoms with E-state index in [-0.39, 0.29) is 6.04 Å². The Morgan fingerprint density at radius 1 is 0.920 bits per heavy atom. The Hall–Kier alpha value is -1.94. The molecule has 0 amide bonds. The summed E-state index contributed by atoms with van der Waals surface area (Å²) in [6.45, 7) is 0. The van der Waals surface area contributed by atoms with Crippen molar-refractivity contribution in [3.05, 3.63) is 81.0 Å². The summed E-state index contributed by atoms with van der Waals surface area (Å²) in [5.41, 5.74) is 5.92. The SMILES string of the molecule is Clc1ccc(C2=NNC(c3ccc(-c4cc(Cl)ccc4Cl)o3)C2)cc1. The van der Waals surface area contributed by atoms with Gasteiger partial charge in [0.05, 0.1) is 10.7 Å². The third kappa shape index (κ3) is 3.40. The van der Waals surface area contributed by atoms with Crippen LogP contribution in [0.5, 0.6) is 0 Å². The lowest BCUT2D eigenvalue weighted by atomic mass is 10.0. The number of halogens is 3. The lowest BCUT2D eigenvalue weighted by molar-refractivity contribution is 0.448. The van der Waals surface area contributed by atoms with E-state index in [1.165, 1.54) is 0 Å². The molecule has 3 nitrogen and oxygen atoms in total. The van der Waals surface area contributed by atoms with Crippen molar-refractivity contribution in [2.75, 3.05) is 0 Å². The molecule has 0 fully saturated rings. The number of hydrazone groups is 1. The molecule has 1 aliphatic heterocycles. The molecule has 1 aromatic heterocycles. The molecule has 0 radical (unpaired) electrons. The molecule has 25 heavy (non-hydrogen) atoms. The highest BCUT2D eigenvalue weighted by Crippen LogP contribution is 2.34. The van der Waals surface area contributed by atoms with Crippen molar-refractivity contribution in [3.8, 4) is 11.3 Å². The second-order valence-electron chi connectivity index (χ2n) is 5.78. The molecule has 126 valence electrons. The summed E-state index contributed by atoms with van der Waals surface area (Å²) in [6, 6.07) is 16.8. The van der Waals surface area contributed by atoms with Crippen LogP contribution in [0.25, 0.3) is 11.3 Å². The van der Waals surface area contributed by atoms with Crippen molar-refractivity contribution in [2.45, 2.75) is 12.5 Å². The normalized spacial score (nSPS) is 16.6. The molecule has 0 bridgehead atoms. The number of nitrogens with one attached hydrogen (secondary N) is 1. The number of furan rings is 1. The summed E-state index contributed by atoms with van der Waals surface area (Å²) in [5, 5.41) is 6.35. The predicted molar refractivity (Wildman–Crippen MR) is 103 cm³/mol. The van der Waals surface area contributed by atoms with E-state index < -0.39 is 0 Å². The van der Waals surface area contributed by atoms with E-state index in [1.807, 2.05) is 36.4 Å². The van der Waals surface area contributed by atoms with E-state index in [0.717, 1.165) is 29.0 Å². The van der Waals surface area contributed by atoms with E-state index in [9.17, 15) is 0 Å².